The Hall–Kier alpha value is -3.47. The minimum absolute atomic E-state index is 0.137. The fourth-order valence-electron chi connectivity index (χ4n) is 3.89. The lowest BCUT2D eigenvalue weighted by molar-refractivity contribution is -0.119. The molecule has 1 aliphatic heterocycles. The fraction of sp³-hybridized carbons (Fsp3) is 0.208. The molecule has 1 fully saturated rings. The second kappa shape index (κ2) is 7.51. The number of amides is 1. The molecule has 0 unspecified atom stereocenters. The first-order valence-corrected chi connectivity index (χ1v) is 9.90. The summed E-state index contributed by atoms with van der Waals surface area (Å²) >= 11 is 0. The number of nitrogens with zero attached hydrogens (tertiary/aromatic N) is 2. The second-order valence-corrected chi connectivity index (χ2v) is 7.47. The van der Waals surface area contributed by atoms with E-state index < -0.39 is 0 Å². The van der Waals surface area contributed by atoms with Crippen molar-refractivity contribution in [2.75, 3.05) is 13.2 Å². The SMILES string of the molecule is O=C1C[C@@H](CCOc2cc(-c3ccc4ncccc4c3)cc3ncccc23)CN1. The van der Waals surface area contributed by atoms with Gasteiger partial charge in [0.15, 0.2) is 0 Å². The van der Waals surface area contributed by atoms with Gasteiger partial charge in [-0.15, -0.1) is 0 Å². The van der Waals surface area contributed by atoms with E-state index in [1.54, 1.807) is 12.4 Å². The van der Waals surface area contributed by atoms with Crippen molar-refractivity contribution in [3.8, 4) is 16.9 Å². The van der Waals surface area contributed by atoms with Crippen molar-refractivity contribution in [1.29, 1.82) is 0 Å². The van der Waals surface area contributed by atoms with Crippen molar-refractivity contribution >= 4 is 27.7 Å². The summed E-state index contributed by atoms with van der Waals surface area (Å²) in [7, 11) is 0. The number of hydrogen-bond donors (Lipinski definition) is 1. The van der Waals surface area contributed by atoms with Crippen molar-refractivity contribution < 1.29 is 9.53 Å². The van der Waals surface area contributed by atoms with Gasteiger partial charge in [-0.1, -0.05) is 12.1 Å². The predicted molar refractivity (Wildman–Crippen MR) is 114 cm³/mol. The summed E-state index contributed by atoms with van der Waals surface area (Å²) in [5.74, 6) is 1.31. The molecule has 1 N–H and O–H groups in total. The monoisotopic (exact) mass is 383 g/mol. The third-order valence-corrected chi connectivity index (χ3v) is 5.46. The Morgan fingerprint density at radius 1 is 0.966 bits per heavy atom. The van der Waals surface area contributed by atoms with Crippen molar-refractivity contribution in [3.63, 3.8) is 0 Å². The summed E-state index contributed by atoms with van der Waals surface area (Å²) < 4.78 is 6.17. The van der Waals surface area contributed by atoms with Crippen LogP contribution in [0.5, 0.6) is 5.75 Å². The number of nitrogens with one attached hydrogen (secondary N) is 1. The minimum atomic E-state index is 0.137. The molecule has 1 saturated heterocycles. The van der Waals surface area contributed by atoms with Crippen LogP contribution in [0.1, 0.15) is 12.8 Å². The smallest absolute Gasteiger partial charge is 0.220 e. The number of aromatic nitrogens is 2. The predicted octanol–water partition coefficient (Wildman–Crippen LogP) is 4.36. The molecule has 144 valence electrons. The largest absolute Gasteiger partial charge is 0.493 e. The quantitative estimate of drug-likeness (QED) is 0.556. The van der Waals surface area contributed by atoms with E-state index in [0.29, 0.717) is 18.9 Å². The maximum atomic E-state index is 11.4. The normalized spacial score (nSPS) is 16.3. The molecule has 3 heterocycles. The highest BCUT2D eigenvalue weighted by molar-refractivity contribution is 5.92. The van der Waals surface area contributed by atoms with Crippen LogP contribution >= 0.6 is 0 Å². The number of rotatable bonds is 5. The van der Waals surface area contributed by atoms with E-state index in [1.165, 1.54) is 0 Å². The molecule has 5 heteroatoms. The molecule has 0 saturated carbocycles. The molecule has 29 heavy (non-hydrogen) atoms. The lowest BCUT2D eigenvalue weighted by atomic mass is 10.0. The van der Waals surface area contributed by atoms with Crippen LogP contribution in [0.4, 0.5) is 0 Å². The van der Waals surface area contributed by atoms with Crippen LogP contribution in [0, 0.1) is 5.92 Å². The molecule has 0 aliphatic carbocycles. The van der Waals surface area contributed by atoms with E-state index in [9.17, 15) is 4.79 Å². The van der Waals surface area contributed by atoms with E-state index in [1.807, 2.05) is 24.3 Å². The lowest BCUT2D eigenvalue weighted by Gasteiger charge is -2.13. The molecule has 1 aliphatic rings. The second-order valence-electron chi connectivity index (χ2n) is 7.47. The van der Waals surface area contributed by atoms with Crippen LogP contribution in [0.2, 0.25) is 0 Å². The number of fused-ring (bicyclic) bond motifs is 2. The van der Waals surface area contributed by atoms with Gasteiger partial charge in [-0.3, -0.25) is 14.8 Å². The van der Waals surface area contributed by atoms with E-state index in [4.69, 9.17) is 4.74 Å². The number of benzene rings is 2. The standard InChI is InChI=1S/C24H21N3O2/c28-24-11-16(15-27-24)7-10-29-23-14-19(13-22-20(23)4-2-9-26-22)17-5-6-21-18(12-17)3-1-8-25-21/h1-6,8-9,12-14,16H,7,10-11,15H2,(H,27,28)/t16-/m1/s1. The topological polar surface area (TPSA) is 64.1 Å². The highest BCUT2D eigenvalue weighted by Gasteiger charge is 2.21. The van der Waals surface area contributed by atoms with Gasteiger partial charge in [0.2, 0.25) is 5.91 Å². The Morgan fingerprint density at radius 3 is 2.69 bits per heavy atom. The van der Waals surface area contributed by atoms with Gasteiger partial charge in [-0.25, -0.2) is 0 Å². The zero-order valence-corrected chi connectivity index (χ0v) is 16.0. The highest BCUT2D eigenvalue weighted by atomic mass is 16.5. The van der Waals surface area contributed by atoms with Gasteiger partial charge < -0.3 is 10.1 Å². The average Bonchev–Trinajstić information content (AvgIpc) is 3.18. The fourth-order valence-corrected chi connectivity index (χ4v) is 3.89. The Labute approximate surface area is 168 Å². The van der Waals surface area contributed by atoms with Gasteiger partial charge in [0.25, 0.3) is 0 Å². The van der Waals surface area contributed by atoms with Crippen LogP contribution in [-0.4, -0.2) is 29.0 Å². The number of pyridine rings is 2. The summed E-state index contributed by atoms with van der Waals surface area (Å²) in [6.07, 6.45) is 5.06. The Bertz CT molecular complexity index is 1210. The van der Waals surface area contributed by atoms with Crippen molar-refractivity contribution in [1.82, 2.24) is 15.3 Å². The molecule has 5 nitrogen and oxygen atoms in total. The Kier molecular flexibility index (Phi) is 4.56. The molecule has 0 spiro atoms. The molecule has 1 atom stereocenters. The van der Waals surface area contributed by atoms with Crippen LogP contribution in [0.25, 0.3) is 32.9 Å². The van der Waals surface area contributed by atoms with Gasteiger partial charge in [0.05, 0.1) is 17.6 Å². The van der Waals surface area contributed by atoms with Crippen molar-refractivity contribution in [2.45, 2.75) is 12.8 Å². The summed E-state index contributed by atoms with van der Waals surface area (Å²) in [5.41, 5.74) is 4.05. The number of hydrogen-bond acceptors (Lipinski definition) is 4. The average molecular weight is 383 g/mol. The Morgan fingerprint density at radius 2 is 1.83 bits per heavy atom. The first-order valence-electron chi connectivity index (χ1n) is 9.90. The van der Waals surface area contributed by atoms with Gasteiger partial charge in [0, 0.05) is 36.1 Å². The van der Waals surface area contributed by atoms with E-state index in [0.717, 1.165) is 51.6 Å². The van der Waals surface area contributed by atoms with E-state index in [-0.39, 0.29) is 5.91 Å². The Balaban J connectivity index is 1.46. The van der Waals surface area contributed by atoms with Crippen molar-refractivity contribution in [2.24, 2.45) is 5.92 Å². The minimum Gasteiger partial charge on any atom is -0.493 e. The van der Waals surface area contributed by atoms with Crippen LogP contribution < -0.4 is 10.1 Å². The van der Waals surface area contributed by atoms with Crippen LogP contribution in [-0.2, 0) is 4.79 Å². The van der Waals surface area contributed by atoms with Gasteiger partial charge in [-0.2, -0.15) is 0 Å². The third kappa shape index (κ3) is 3.63. The first-order chi connectivity index (χ1) is 14.3. The molecule has 2 aromatic carbocycles. The zero-order valence-electron chi connectivity index (χ0n) is 16.0. The third-order valence-electron chi connectivity index (χ3n) is 5.46. The molecule has 4 aromatic rings. The van der Waals surface area contributed by atoms with Gasteiger partial charge in [0.1, 0.15) is 5.75 Å². The van der Waals surface area contributed by atoms with E-state index in [2.05, 4.69) is 45.6 Å². The highest BCUT2D eigenvalue weighted by Crippen LogP contribution is 2.33. The first kappa shape index (κ1) is 17.6. The molecule has 1 amide bonds. The summed E-state index contributed by atoms with van der Waals surface area (Å²) in [4.78, 5) is 20.3. The number of ether oxygens (including phenoxy) is 1. The summed E-state index contributed by atoms with van der Waals surface area (Å²) in [5, 5.41) is 4.99. The number of carbonyl (C=O) groups is 1. The maximum absolute atomic E-state index is 11.4. The van der Waals surface area contributed by atoms with Gasteiger partial charge >= 0.3 is 0 Å². The molecular weight excluding hydrogens is 362 g/mol. The summed E-state index contributed by atoms with van der Waals surface area (Å²) in [6, 6.07) is 18.4. The molecule has 0 radical (unpaired) electrons. The van der Waals surface area contributed by atoms with Crippen LogP contribution in [0.15, 0.2) is 67.0 Å². The zero-order chi connectivity index (χ0) is 19.6. The van der Waals surface area contributed by atoms with E-state index >= 15 is 0 Å². The molecule has 0 bridgehead atoms. The van der Waals surface area contributed by atoms with Crippen molar-refractivity contribution in [3.05, 3.63) is 67.0 Å². The molecule has 5 rings (SSSR count). The molecule has 2 aromatic heterocycles. The molecular formula is C24H21N3O2. The van der Waals surface area contributed by atoms with Crippen LogP contribution in [0.3, 0.4) is 0 Å². The maximum Gasteiger partial charge on any atom is 0.220 e. The number of carbonyl (C=O) groups excluding carboxylic acids is 1. The summed E-state index contributed by atoms with van der Waals surface area (Å²) in [6.45, 7) is 1.32. The van der Waals surface area contributed by atoms with Gasteiger partial charge in [-0.05, 0) is 65.9 Å². The lowest BCUT2D eigenvalue weighted by Crippen LogP contribution is -2.14.